The van der Waals surface area contributed by atoms with E-state index in [1.807, 2.05) is 12.1 Å². The van der Waals surface area contributed by atoms with Crippen LogP contribution < -0.4 is 15.0 Å². The largest absolute Gasteiger partial charge is 0.495 e. The summed E-state index contributed by atoms with van der Waals surface area (Å²) in [5.74, 6) is 1.15. The number of aromatic nitrogens is 1. The normalized spacial score (nSPS) is 15.2. The molecule has 0 bridgehead atoms. The Labute approximate surface area is 168 Å². The molecule has 2 heterocycles. The summed E-state index contributed by atoms with van der Waals surface area (Å²) in [6, 6.07) is 17.5. The number of ether oxygens (including phenoxy) is 1. The maximum Gasteiger partial charge on any atom is 0.257 e. The van der Waals surface area contributed by atoms with E-state index < -0.39 is 0 Å². The number of methoxy groups -OCH3 is 1. The lowest BCUT2D eigenvalue weighted by Gasteiger charge is -2.23. The highest BCUT2D eigenvalue weighted by Crippen LogP contribution is 2.37. The van der Waals surface area contributed by atoms with E-state index in [-0.39, 0.29) is 5.91 Å². The predicted molar refractivity (Wildman–Crippen MR) is 112 cm³/mol. The molecule has 142 valence electrons. The van der Waals surface area contributed by atoms with Crippen LogP contribution in [0.2, 0.25) is 5.02 Å². The van der Waals surface area contributed by atoms with Crippen LogP contribution >= 0.6 is 11.6 Å². The van der Waals surface area contributed by atoms with Crippen molar-refractivity contribution in [1.29, 1.82) is 0 Å². The molecule has 2 aromatic carbocycles. The third-order valence-electron chi connectivity index (χ3n) is 4.87. The topological polar surface area (TPSA) is 54.5 Å². The van der Waals surface area contributed by atoms with E-state index in [4.69, 9.17) is 16.3 Å². The van der Waals surface area contributed by atoms with Crippen molar-refractivity contribution in [1.82, 2.24) is 4.98 Å². The van der Waals surface area contributed by atoms with Gasteiger partial charge in [-0.1, -0.05) is 29.8 Å². The van der Waals surface area contributed by atoms with Gasteiger partial charge in [0.2, 0.25) is 0 Å². The molecule has 0 aliphatic carbocycles. The Kier molecular flexibility index (Phi) is 4.92. The monoisotopic (exact) mass is 393 g/mol. The molecule has 1 atom stereocenters. The van der Waals surface area contributed by atoms with Gasteiger partial charge in [0.25, 0.3) is 5.91 Å². The van der Waals surface area contributed by atoms with Crippen molar-refractivity contribution in [3.63, 3.8) is 0 Å². The Morgan fingerprint density at radius 2 is 2.04 bits per heavy atom. The number of nitrogens with zero attached hydrogens (tertiary/aromatic N) is 2. The molecule has 1 amide bonds. The van der Waals surface area contributed by atoms with Gasteiger partial charge in [0.1, 0.15) is 11.6 Å². The number of anilines is 3. The van der Waals surface area contributed by atoms with Crippen LogP contribution in [-0.4, -0.2) is 24.0 Å². The summed E-state index contributed by atoms with van der Waals surface area (Å²) in [4.78, 5) is 19.3. The highest BCUT2D eigenvalue weighted by atomic mass is 35.5. The van der Waals surface area contributed by atoms with Crippen LogP contribution in [-0.2, 0) is 6.42 Å². The first-order valence-electron chi connectivity index (χ1n) is 9.05. The number of amides is 1. The standard InChI is InChI=1S/C22H20ClN3O2/c1-14-11-15-5-3-4-6-19(15)26(14)21-10-7-16(13-24-21)22(27)25-17-8-9-20(28-2)18(23)12-17/h3-10,12-14H,11H2,1-2H3,(H,25,27). The number of rotatable bonds is 4. The highest BCUT2D eigenvalue weighted by Gasteiger charge is 2.27. The van der Waals surface area contributed by atoms with Gasteiger partial charge >= 0.3 is 0 Å². The molecular formula is C22H20ClN3O2. The van der Waals surface area contributed by atoms with Gasteiger partial charge in [-0.2, -0.15) is 0 Å². The molecule has 0 spiro atoms. The number of nitrogens with one attached hydrogen (secondary N) is 1. The molecule has 28 heavy (non-hydrogen) atoms. The van der Waals surface area contributed by atoms with Gasteiger partial charge in [0.05, 0.1) is 17.7 Å². The van der Waals surface area contributed by atoms with Gasteiger partial charge in [-0.05, 0) is 55.3 Å². The van der Waals surface area contributed by atoms with Gasteiger partial charge < -0.3 is 15.0 Å². The summed E-state index contributed by atoms with van der Waals surface area (Å²) in [6.07, 6.45) is 2.59. The fourth-order valence-corrected chi connectivity index (χ4v) is 3.78. The summed E-state index contributed by atoms with van der Waals surface area (Å²) >= 11 is 6.11. The first-order valence-corrected chi connectivity index (χ1v) is 9.42. The number of halogens is 1. The second-order valence-corrected chi connectivity index (χ2v) is 7.17. The van der Waals surface area contributed by atoms with E-state index in [1.165, 1.54) is 11.3 Å². The fourth-order valence-electron chi connectivity index (χ4n) is 3.52. The second-order valence-electron chi connectivity index (χ2n) is 6.76. The zero-order valence-corrected chi connectivity index (χ0v) is 16.4. The van der Waals surface area contributed by atoms with Gasteiger partial charge in [0, 0.05) is 23.6 Å². The number of pyridine rings is 1. The minimum Gasteiger partial charge on any atom is -0.495 e. The van der Waals surface area contributed by atoms with Crippen molar-refractivity contribution in [2.24, 2.45) is 0 Å². The Bertz CT molecular complexity index is 1020. The van der Waals surface area contributed by atoms with Crippen molar-refractivity contribution in [3.05, 3.63) is 76.9 Å². The lowest BCUT2D eigenvalue weighted by molar-refractivity contribution is 0.102. The van der Waals surface area contributed by atoms with E-state index >= 15 is 0 Å². The number of fused-ring (bicyclic) bond motifs is 1. The van der Waals surface area contributed by atoms with Gasteiger partial charge in [-0.15, -0.1) is 0 Å². The molecule has 0 saturated heterocycles. The molecule has 5 nitrogen and oxygen atoms in total. The number of hydrogen-bond donors (Lipinski definition) is 1. The van der Waals surface area contributed by atoms with Crippen LogP contribution in [0.25, 0.3) is 0 Å². The molecular weight excluding hydrogens is 374 g/mol. The van der Waals surface area contributed by atoms with Crippen LogP contribution in [0.4, 0.5) is 17.2 Å². The number of para-hydroxylation sites is 1. The van der Waals surface area contributed by atoms with Crippen molar-refractivity contribution < 1.29 is 9.53 Å². The zero-order valence-electron chi connectivity index (χ0n) is 15.6. The molecule has 0 fully saturated rings. The first kappa shape index (κ1) is 18.3. The van der Waals surface area contributed by atoms with Crippen LogP contribution in [0.1, 0.15) is 22.8 Å². The average Bonchev–Trinajstić information content (AvgIpc) is 3.04. The van der Waals surface area contributed by atoms with E-state index in [0.29, 0.717) is 28.1 Å². The third kappa shape index (κ3) is 3.41. The fraction of sp³-hybridized carbons (Fsp3) is 0.182. The average molecular weight is 394 g/mol. The zero-order chi connectivity index (χ0) is 19.7. The molecule has 1 unspecified atom stereocenters. The van der Waals surface area contributed by atoms with Crippen molar-refractivity contribution in [3.8, 4) is 5.75 Å². The summed E-state index contributed by atoms with van der Waals surface area (Å²) in [5.41, 5.74) is 3.57. The van der Waals surface area contributed by atoms with Crippen LogP contribution in [0.3, 0.4) is 0 Å². The van der Waals surface area contributed by atoms with Gasteiger partial charge in [-0.3, -0.25) is 4.79 Å². The summed E-state index contributed by atoms with van der Waals surface area (Å²) in [6.45, 7) is 2.18. The number of hydrogen-bond acceptors (Lipinski definition) is 4. The summed E-state index contributed by atoms with van der Waals surface area (Å²) in [5, 5.41) is 3.27. The third-order valence-corrected chi connectivity index (χ3v) is 5.17. The quantitative estimate of drug-likeness (QED) is 0.671. The highest BCUT2D eigenvalue weighted by molar-refractivity contribution is 6.32. The summed E-state index contributed by atoms with van der Waals surface area (Å²) < 4.78 is 5.13. The molecule has 4 rings (SSSR count). The van der Waals surface area contributed by atoms with Crippen LogP contribution in [0, 0.1) is 0 Å². The van der Waals surface area contributed by atoms with Crippen LogP contribution in [0.15, 0.2) is 60.8 Å². The Balaban J connectivity index is 1.52. The van der Waals surface area contributed by atoms with Gasteiger partial charge in [0.15, 0.2) is 0 Å². The lowest BCUT2D eigenvalue weighted by Crippen LogP contribution is -2.25. The Hall–Kier alpha value is -3.05. The SMILES string of the molecule is COc1ccc(NC(=O)c2ccc(N3c4ccccc4CC3C)nc2)cc1Cl. The molecule has 0 radical (unpaired) electrons. The van der Waals surface area contributed by atoms with Crippen molar-refractivity contribution in [2.75, 3.05) is 17.3 Å². The van der Waals surface area contributed by atoms with E-state index in [1.54, 1.807) is 37.6 Å². The van der Waals surface area contributed by atoms with E-state index in [0.717, 1.165) is 12.2 Å². The number of benzene rings is 2. The Morgan fingerprint density at radius 1 is 1.21 bits per heavy atom. The van der Waals surface area contributed by atoms with E-state index in [9.17, 15) is 4.79 Å². The lowest BCUT2D eigenvalue weighted by atomic mass is 10.1. The second kappa shape index (κ2) is 7.52. The molecule has 0 saturated carbocycles. The number of carbonyl (C=O) groups excluding carboxylic acids is 1. The maximum atomic E-state index is 12.5. The Morgan fingerprint density at radius 3 is 2.75 bits per heavy atom. The molecule has 1 aromatic heterocycles. The first-order chi connectivity index (χ1) is 13.6. The summed E-state index contributed by atoms with van der Waals surface area (Å²) in [7, 11) is 1.55. The van der Waals surface area contributed by atoms with Gasteiger partial charge in [-0.25, -0.2) is 4.98 Å². The van der Waals surface area contributed by atoms with Crippen molar-refractivity contribution >= 4 is 34.7 Å². The molecule has 1 aliphatic rings. The molecule has 1 N–H and O–H groups in total. The maximum absolute atomic E-state index is 12.5. The molecule has 6 heteroatoms. The minimum absolute atomic E-state index is 0.241. The van der Waals surface area contributed by atoms with Crippen molar-refractivity contribution in [2.45, 2.75) is 19.4 Å². The van der Waals surface area contributed by atoms with E-state index in [2.05, 4.69) is 40.3 Å². The predicted octanol–water partition coefficient (Wildman–Crippen LogP) is 5.08. The number of carbonyl (C=O) groups is 1. The smallest absolute Gasteiger partial charge is 0.257 e. The minimum atomic E-state index is -0.241. The molecule has 3 aromatic rings. The molecule has 1 aliphatic heterocycles. The van der Waals surface area contributed by atoms with Crippen LogP contribution in [0.5, 0.6) is 5.75 Å².